The molecule has 1 fully saturated rings. The molecule has 2 amide bonds. The van der Waals surface area contributed by atoms with Gasteiger partial charge in [-0.15, -0.1) is 0 Å². The van der Waals surface area contributed by atoms with Crippen LogP contribution in [0.2, 0.25) is 0 Å². The van der Waals surface area contributed by atoms with Gasteiger partial charge in [0.05, 0.1) is 29.3 Å². The van der Waals surface area contributed by atoms with Crippen LogP contribution in [0.25, 0.3) is 0 Å². The van der Waals surface area contributed by atoms with E-state index >= 15 is 0 Å². The van der Waals surface area contributed by atoms with Gasteiger partial charge >= 0.3 is 5.97 Å². The number of hydrogen-bond donors (Lipinski definition) is 1. The van der Waals surface area contributed by atoms with Crippen molar-refractivity contribution in [1.29, 1.82) is 0 Å². The van der Waals surface area contributed by atoms with Gasteiger partial charge in [-0.3, -0.25) is 9.59 Å². The lowest BCUT2D eigenvalue weighted by molar-refractivity contribution is -0.132. The zero-order chi connectivity index (χ0) is 20.3. The molecule has 2 aromatic rings. The number of carbonyl (C=O) groups is 3. The summed E-state index contributed by atoms with van der Waals surface area (Å²) in [6.45, 7) is 0. The van der Waals surface area contributed by atoms with E-state index in [0.717, 1.165) is 11.8 Å². The maximum Gasteiger partial charge on any atom is 0.342 e. The normalized spacial score (nSPS) is 25.3. The first-order valence-electron chi connectivity index (χ1n) is 9.01. The van der Waals surface area contributed by atoms with E-state index < -0.39 is 23.1 Å². The van der Waals surface area contributed by atoms with Gasteiger partial charge in [0.2, 0.25) is 11.8 Å². The molecule has 2 N–H and O–H groups in total. The average molecular weight is 408 g/mol. The standard InChI is InChI=1S/C21H16N2O5S/c1-27-12-9-5-8-11-13-14-17(29-18(22)15(13)21(26)28-16(11)12)20(25)23(19(14)24)10-6-3-2-4-7-10/h2-9,13-14,17H,22H2,1H3. The SMILES string of the molecule is COc1cccc2c1OC(=O)C1=C(N)SC3C(=O)N(c4ccccc4)C(=O)C3C12. The summed E-state index contributed by atoms with van der Waals surface area (Å²) < 4.78 is 10.8. The number of methoxy groups -OCH3 is 1. The van der Waals surface area contributed by atoms with Crippen LogP contribution in [0.4, 0.5) is 5.69 Å². The number of nitrogens with two attached hydrogens (primary N) is 1. The Morgan fingerprint density at radius 1 is 1.03 bits per heavy atom. The Kier molecular flexibility index (Phi) is 3.92. The summed E-state index contributed by atoms with van der Waals surface area (Å²) in [5.41, 5.74) is 7.53. The van der Waals surface area contributed by atoms with Crippen molar-refractivity contribution in [3.63, 3.8) is 0 Å². The fourth-order valence-corrected chi connectivity index (χ4v) is 5.48. The van der Waals surface area contributed by atoms with Crippen LogP contribution in [0.3, 0.4) is 0 Å². The molecule has 0 aromatic heterocycles. The topological polar surface area (TPSA) is 98.9 Å². The van der Waals surface area contributed by atoms with E-state index in [0.29, 0.717) is 17.0 Å². The van der Waals surface area contributed by atoms with Crippen LogP contribution < -0.4 is 20.1 Å². The Balaban J connectivity index is 1.69. The average Bonchev–Trinajstić information content (AvgIpc) is 2.97. The van der Waals surface area contributed by atoms with E-state index in [1.165, 1.54) is 12.0 Å². The molecule has 3 heterocycles. The number of carbonyl (C=O) groups excluding carboxylic acids is 3. The maximum atomic E-state index is 13.4. The number of rotatable bonds is 2. The van der Waals surface area contributed by atoms with Crippen LogP contribution in [0, 0.1) is 5.92 Å². The number of para-hydroxylation sites is 2. The molecule has 3 aliphatic heterocycles. The lowest BCUT2D eigenvalue weighted by Gasteiger charge is -2.36. The van der Waals surface area contributed by atoms with E-state index in [4.69, 9.17) is 15.2 Å². The van der Waals surface area contributed by atoms with Crippen LogP contribution >= 0.6 is 11.8 Å². The quantitative estimate of drug-likeness (QED) is 0.462. The monoisotopic (exact) mass is 408 g/mol. The second-order valence-corrected chi connectivity index (χ2v) is 8.12. The number of amides is 2. The van der Waals surface area contributed by atoms with Gasteiger partial charge in [0.25, 0.3) is 0 Å². The number of fused-ring (bicyclic) bond motifs is 5. The molecule has 0 radical (unpaired) electrons. The Morgan fingerprint density at radius 2 is 1.79 bits per heavy atom. The molecule has 3 aliphatic rings. The predicted octanol–water partition coefficient (Wildman–Crippen LogP) is 2.17. The van der Waals surface area contributed by atoms with Crippen molar-refractivity contribution in [3.8, 4) is 11.5 Å². The summed E-state index contributed by atoms with van der Waals surface area (Å²) in [5, 5.41) is -0.493. The molecular formula is C21H16N2O5S. The minimum absolute atomic E-state index is 0.214. The van der Waals surface area contributed by atoms with Crippen LogP contribution in [-0.2, 0) is 14.4 Å². The maximum absolute atomic E-state index is 13.4. The minimum atomic E-state index is -0.756. The van der Waals surface area contributed by atoms with Gasteiger partial charge in [-0.1, -0.05) is 42.1 Å². The molecule has 0 aliphatic carbocycles. The summed E-state index contributed by atoms with van der Waals surface area (Å²) >= 11 is 1.05. The van der Waals surface area contributed by atoms with Crippen molar-refractivity contribution in [2.45, 2.75) is 11.2 Å². The van der Waals surface area contributed by atoms with Gasteiger partial charge < -0.3 is 15.2 Å². The summed E-state index contributed by atoms with van der Waals surface area (Å²) in [4.78, 5) is 40.5. The third kappa shape index (κ3) is 2.42. The molecule has 146 valence electrons. The molecule has 1 saturated heterocycles. The van der Waals surface area contributed by atoms with E-state index in [2.05, 4.69) is 0 Å². The van der Waals surface area contributed by atoms with Crippen molar-refractivity contribution in [1.82, 2.24) is 0 Å². The molecule has 2 aromatic carbocycles. The molecule has 29 heavy (non-hydrogen) atoms. The van der Waals surface area contributed by atoms with E-state index in [1.807, 2.05) is 6.07 Å². The Hall–Kier alpha value is -3.26. The highest BCUT2D eigenvalue weighted by Crippen LogP contribution is 2.55. The van der Waals surface area contributed by atoms with Crippen molar-refractivity contribution in [2.75, 3.05) is 12.0 Å². The fourth-order valence-electron chi connectivity index (χ4n) is 4.25. The van der Waals surface area contributed by atoms with E-state index in [1.54, 1.807) is 42.5 Å². The number of ether oxygens (including phenoxy) is 2. The van der Waals surface area contributed by atoms with Crippen LogP contribution in [0.5, 0.6) is 11.5 Å². The molecule has 7 nitrogen and oxygen atoms in total. The summed E-state index contributed by atoms with van der Waals surface area (Å²) in [6.07, 6.45) is 0. The highest BCUT2D eigenvalue weighted by molar-refractivity contribution is 8.04. The van der Waals surface area contributed by atoms with Gasteiger partial charge in [0.1, 0.15) is 5.25 Å². The Morgan fingerprint density at radius 3 is 2.52 bits per heavy atom. The van der Waals surface area contributed by atoms with Crippen LogP contribution in [0.1, 0.15) is 11.5 Å². The first-order valence-corrected chi connectivity index (χ1v) is 9.89. The van der Waals surface area contributed by atoms with Gasteiger partial charge in [-0.25, -0.2) is 9.69 Å². The number of nitrogens with zero attached hydrogens (tertiary/aromatic N) is 1. The van der Waals surface area contributed by atoms with Gasteiger partial charge in [0.15, 0.2) is 11.5 Å². The number of esters is 1. The molecular weight excluding hydrogens is 392 g/mol. The van der Waals surface area contributed by atoms with Crippen LogP contribution in [0.15, 0.2) is 59.1 Å². The van der Waals surface area contributed by atoms with Gasteiger partial charge in [0, 0.05) is 11.5 Å². The number of imide groups is 1. The summed E-state index contributed by atoms with van der Waals surface area (Å²) in [6, 6.07) is 14.0. The lowest BCUT2D eigenvalue weighted by atomic mass is 9.77. The highest BCUT2D eigenvalue weighted by Gasteiger charge is 2.58. The molecule has 0 spiro atoms. The molecule has 0 bridgehead atoms. The number of hydrogen-bond acceptors (Lipinski definition) is 7. The van der Waals surface area contributed by atoms with Crippen molar-refractivity contribution >= 4 is 35.2 Å². The first kappa shape index (κ1) is 17.8. The van der Waals surface area contributed by atoms with Crippen molar-refractivity contribution < 1.29 is 23.9 Å². The molecule has 8 heteroatoms. The van der Waals surface area contributed by atoms with Crippen LogP contribution in [-0.4, -0.2) is 30.1 Å². The van der Waals surface area contributed by atoms with E-state index in [-0.39, 0.29) is 28.2 Å². The first-order chi connectivity index (χ1) is 14.0. The lowest BCUT2D eigenvalue weighted by Crippen LogP contribution is -2.39. The summed E-state index contributed by atoms with van der Waals surface area (Å²) in [7, 11) is 1.48. The highest BCUT2D eigenvalue weighted by atomic mass is 32.2. The summed E-state index contributed by atoms with van der Waals surface area (Å²) in [5.74, 6) is -2.07. The number of thioether (sulfide) groups is 1. The zero-order valence-electron chi connectivity index (χ0n) is 15.3. The molecule has 5 rings (SSSR count). The second-order valence-electron chi connectivity index (χ2n) is 6.94. The van der Waals surface area contributed by atoms with Gasteiger partial charge in [-0.2, -0.15) is 0 Å². The third-order valence-electron chi connectivity index (χ3n) is 5.48. The Bertz CT molecular complexity index is 1100. The largest absolute Gasteiger partial charge is 0.493 e. The smallest absolute Gasteiger partial charge is 0.342 e. The van der Waals surface area contributed by atoms with Crippen molar-refractivity contribution in [3.05, 3.63) is 64.7 Å². The fraction of sp³-hybridized carbons (Fsp3) is 0.190. The zero-order valence-corrected chi connectivity index (χ0v) is 16.1. The Labute approximate surface area is 170 Å². The minimum Gasteiger partial charge on any atom is -0.493 e. The molecule has 3 atom stereocenters. The van der Waals surface area contributed by atoms with E-state index in [9.17, 15) is 14.4 Å². The van der Waals surface area contributed by atoms with Gasteiger partial charge in [-0.05, 0) is 18.2 Å². The number of anilines is 1. The van der Waals surface area contributed by atoms with Crippen molar-refractivity contribution in [2.24, 2.45) is 11.7 Å². The second kappa shape index (κ2) is 6.38. The predicted molar refractivity (Wildman–Crippen MR) is 106 cm³/mol. The molecule has 0 saturated carbocycles. The molecule has 3 unspecified atom stereocenters. The third-order valence-corrected chi connectivity index (χ3v) is 6.70. The number of benzene rings is 2.